The Morgan fingerprint density at radius 1 is 1.24 bits per heavy atom. The molecule has 0 aromatic heterocycles. The van der Waals surface area contributed by atoms with Crippen LogP contribution < -0.4 is 14.8 Å². The molecule has 0 unspecified atom stereocenters. The summed E-state index contributed by atoms with van der Waals surface area (Å²) in [5.41, 5.74) is 1.29. The van der Waals surface area contributed by atoms with Crippen LogP contribution in [0.2, 0.25) is 0 Å². The van der Waals surface area contributed by atoms with Crippen molar-refractivity contribution in [1.82, 2.24) is 5.32 Å². The molecule has 3 aliphatic rings. The average Bonchev–Trinajstić information content (AvgIpc) is 3.18. The molecular formula is C23H26N2O8. The highest BCUT2D eigenvalue weighted by Crippen LogP contribution is 2.50. The monoisotopic (exact) mass is 458 g/mol. The molecule has 0 amide bonds. The maximum absolute atomic E-state index is 13.4. The molecule has 1 aromatic rings. The van der Waals surface area contributed by atoms with Gasteiger partial charge in [-0.05, 0) is 24.8 Å². The van der Waals surface area contributed by atoms with E-state index < -0.39 is 16.8 Å². The first-order valence-corrected chi connectivity index (χ1v) is 10.6. The molecule has 0 saturated heterocycles. The van der Waals surface area contributed by atoms with Gasteiger partial charge in [0, 0.05) is 36.1 Å². The maximum atomic E-state index is 13.4. The molecule has 1 aliphatic carbocycles. The van der Waals surface area contributed by atoms with Gasteiger partial charge in [-0.2, -0.15) is 0 Å². The quantitative estimate of drug-likeness (QED) is 0.296. The summed E-state index contributed by atoms with van der Waals surface area (Å²) < 4.78 is 21.1. The molecule has 2 aliphatic heterocycles. The lowest BCUT2D eigenvalue weighted by Crippen LogP contribution is -2.39. The minimum Gasteiger partial charge on any atom is -0.460 e. The summed E-state index contributed by atoms with van der Waals surface area (Å²) in [6.45, 7) is 5.82. The summed E-state index contributed by atoms with van der Waals surface area (Å²) in [5.74, 6) is -1.24. The van der Waals surface area contributed by atoms with Crippen molar-refractivity contribution < 1.29 is 33.5 Å². The highest BCUT2D eigenvalue weighted by molar-refractivity contribution is 6.04. The maximum Gasteiger partial charge on any atom is 0.336 e. The van der Waals surface area contributed by atoms with Gasteiger partial charge in [-0.25, -0.2) is 4.79 Å². The summed E-state index contributed by atoms with van der Waals surface area (Å²) >= 11 is 0. The molecule has 1 aromatic carbocycles. The van der Waals surface area contributed by atoms with E-state index in [1.54, 1.807) is 6.92 Å². The number of hydrogen-bond donors (Lipinski definition) is 1. The Labute approximate surface area is 190 Å². The van der Waals surface area contributed by atoms with Gasteiger partial charge in [0.15, 0.2) is 17.3 Å². The van der Waals surface area contributed by atoms with Gasteiger partial charge in [-0.15, -0.1) is 0 Å². The first kappa shape index (κ1) is 22.8. The van der Waals surface area contributed by atoms with Gasteiger partial charge in [0.25, 0.3) is 5.69 Å². The van der Waals surface area contributed by atoms with Gasteiger partial charge < -0.3 is 24.3 Å². The predicted molar refractivity (Wildman–Crippen MR) is 116 cm³/mol. The van der Waals surface area contributed by atoms with Crippen molar-refractivity contribution in [3.05, 3.63) is 50.4 Å². The van der Waals surface area contributed by atoms with E-state index in [2.05, 4.69) is 5.32 Å². The fourth-order valence-corrected chi connectivity index (χ4v) is 4.65. The number of esters is 1. The number of carbonyl (C=O) groups is 2. The fourth-order valence-electron chi connectivity index (χ4n) is 4.65. The molecule has 4 rings (SSSR count). The minimum absolute atomic E-state index is 0.00888. The van der Waals surface area contributed by atoms with Crippen molar-refractivity contribution >= 4 is 17.4 Å². The number of nitrogens with zero attached hydrogens (tertiary/aromatic N) is 1. The number of fused-ring (bicyclic) bond motifs is 1. The summed E-state index contributed by atoms with van der Waals surface area (Å²) in [7, 11) is 1.48. The van der Waals surface area contributed by atoms with Gasteiger partial charge in [-0.3, -0.25) is 14.9 Å². The number of nitrogens with one attached hydrogen (secondary N) is 1. The number of rotatable bonds is 6. The molecule has 1 atom stereocenters. The van der Waals surface area contributed by atoms with Gasteiger partial charge in [0.1, 0.15) is 6.61 Å². The number of nitro benzene ring substituents is 1. The van der Waals surface area contributed by atoms with Crippen LogP contribution in [0.4, 0.5) is 5.69 Å². The largest absolute Gasteiger partial charge is 0.460 e. The molecule has 0 saturated carbocycles. The van der Waals surface area contributed by atoms with Gasteiger partial charge in [0.2, 0.25) is 6.79 Å². The molecule has 0 spiro atoms. The molecule has 1 N–H and O–H groups in total. The highest BCUT2D eigenvalue weighted by Gasteiger charge is 2.45. The van der Waals surface area contributed by atoms with Gasteiger partial charge in [-0.1, -0.05) is 13.8 Å². The van der Waals surface area contributed by atoms with E-state index >= 15 is 0 Å². The first-order chi connectivity index (χ1) is 15.6. The van der Waals surface area contributed by atoms with Crippen molar-refractivity contribution in [2.24, 2.45) is 5.41 Å². The van der Waals surface area contributed by atoms with E-state index in [0.29, 0.717) is 29.1 Å². The molecule has 33 heavy (non-hydrogen) atoms. The van der Waals surface area contributed by atoms with E-state index in [0.717, 1.165) is 0 Å². The van der Waals surface area contributed by atoms with Crippen LogP contribution in [0.25, 0.3) is 0 Å². The Kier molecular flexibility index (Phi) is 5.87. The zero-order chi connectivity index (χ0) is 23.9. The number of Topliss-reactive ketones (excluding diaryl/α,β-unsaturated/α-hetero) is 1. The molecular weight excluding hydrogens is 432 g/mol. The number of nitro groups is 1. The summed E-state index contributed by atoms with van der Waals surface area (Å²) in [4.78, 5) is 38.0. The Bertz CT molecular complexity index is 1100. The zero-order valence-electron chi connectivity index (χ0n) is 19.0. The van der Waals surface area contributed by atoms with Crippen LogP contribution in [0, 0.1) is 15.5 Å². The number of dihydropyridines is 1. The molecule has 10 nitrogen and oxygen atoms in total. The second kappa shape index (κ2) is 8.51. The van der Waals surface area contributed by atoms with E-state index in [1.807, 2.05) is 13.8 Å². The van der Waals surface area contributed by atoms with E-state index in [4.69, 9.17) is 18.9 Å². The SMILES string of the molecule is COCCOC(=O)C1=C(C)NC2=C(C(=O)CC(C)(C)C2)[C@H]1c1cc2c(cc1[N+](=O)[O-])OCO2. The Balaban J connectivity index is 1.91. The minimum atomic E-state index is -0.977. The van der Waals surface area contributed by atoms with Crippen LogP contribution in [0.1, 0.15) is 45.1 Å². The van der Waals surface area contributed by atoms with Crippen molar-refractivity contribution in [3.8, 4) is 11.5 Å². The van der Waals surface area contributed by atoms with Crippen LogP contribution in [0.5, 0.6) is 11.5 Å². The third kappa shape index (κ3) is 4.18. The summed E-state index contributed by atoms with van der Waals surface area (Å²) in [6.07, 6.45) is 0.819. The second-order valence-electron chi connectivity index (χ2n) is 9.08. The van der Waals surface area contributed by atoms with Gasteiger partial charge in [0.05, 0.1) is 29.1 Å². The number of hydrogen-bond acceptors (Lipinski definition) is 9. The standard InChI is InChI=1S/C23H26N2O8/c1-12-19(22(27)31-6-5-30-4)20(21-14(24-12)9-23(2,3)10-16(21)26)13-7-17-18(33-11-32-17)8-15(13)25(28)29/h7-8,20,24H,5-6,9-11H2,1-4H3/t20-/m0/s1. The van der Waals surface area contributed by atoms with Crippen LogP contribution >= 0.6 is 0 Å². The molecule has 176 valence electrons. The van der Waals surface area contributed by atoms with Crippen LogP contribution in [-0.2, 0) is 19.1 Å². The van der Waals surface area contributed by atoms with Crippen molar-refractivity contribution in [2.75, 3.05) is 27.1 Å². The Hall–Kier alpha value is -3.40. The number of ether oxygens (including phenoxy) is 4. The van der Waals surface area contributed by atoms with Gasteiger partial charge >= 0.3 is 5.97 Å². The summed E-state index contributed by atoms with van der Waals surface area (Å²) in [5, 5.41) is 15.2. The number of benzene rings is 1. The van der Waals surface area contributed by atoms with E-state index in [9.17, 15) is 19.7 Å². The molecule has 2 heterocycles. The smallest absolute Gasteiger partial charge is 0.336 e. The van der Waals surface area contributed by atoms with Crippen LogP contribution in [-0.4, -0.2) is 43.8 Å². The van der Waals surface area contributed by atoms with Crippen molar-refractivity contribution in [1.29, 1.82) is 0 Å². The normalized spacial score (nSPS) is 21.0. The average molecular weight is 458 g/mol. The lowest BCUT2D eigenvalue weighted by atomic mass is 9.68. The Morgan fingerprint density at radius 2 is 1.94 bits per heavy atom. The second-order valence-corrected chi connectivity index (χ2v) is 9.08. The lowest BCUT2D eigenvalue weighted by molar-refractivity contribution is -0.385. The van der Waals surface area contributed by atoms with E-state index in [-0.39, 0.29) is 60.2 Å². The third-order valence-corrected chi connectivity index (χ3v) is 6.01. The van der Waals surface area contributed by atoms with Crippen molar-refractivity contribution in [3.63, 3.8) is 0 Å². The number of allylic oxidation sites excluding steroid dienone is 3. The fraction of sp³-hybridized carbons (Fsp3) is 0.478. The Morgan fingerprint density at radius 3 is 2.61 bits per heavy atom. The molecule has 0 bridgehead atoms. The number of methoxy groups -OCH3 is 1. The van der Waals surface area contributed by atoms with Crippen LogP contribution in [0.3, 0.4) is 0 Å². The molecule has 0 radical (unpaired) electrons. The van der Waals surface area contributed by atoms with Crippen molar-refractivity contribution in [2.45, 2.75) is 39.5 Å². The predicted octanol–water partition coefficient (Wildman–Crippen LogP) is 3.12. The number of ketones is 1. The topological polar surface area (TPSA) is 126 Å². The molecule has 0 fully saturated rings. The highest BCUT2D eigenvalue weighted by atomic mass is 16.7. The first-order valence-electron chi connectivity index (χ1n) is 10.6. The van der Waals surface area contributed by atoms with E-state index in [1.165, 1.54) is 19.2 Å². The van der Waals surface area contributed by atoms with Crippen LogP contribution in [0.15, 0.2) is 34.7 Å². The summed E-state index contributed by atoms with van der Waals surface area (Å²) in [6, 6.07) is 2.77. The third-order valence-electron chi connectivity index (χ3n) is 6.01. The zero-order valence-corrected chi connectivity index (χ0v) is 19.0. The lowest BCUT2D eigenvalue weighted by Gasteiger charge is -2.39. The molecule has 10 heteroatoms. The number of carbonyl (C=O) groups excluding carboxylic acids is 2.